The number of aromatic nitrogens is 2. The van der Waals surface area contributed by atoms with Crippen molar-refractivity contribution in [1.29, 1.82) is 0 Å². The van der Waals surface area contributed by atoms with Crippen molar-refractivity contribution in [3.63, 3.8) is 0 Å². The molecule has 1 aliphatic rings. The van der Waals surface area contributed by atoms with E-state index < -0.39 is 0 Å². The molecule has 3 rings (SSSR count). The summed E-state index contributed by atoms with van der Waals surface area (Å²) in [6.07, 6.45) is 1.07. The molecule has 25 heavy (non-hydrogen) atoms. The normalized spacial score (nSPS) is 14.8. The largest absolute Gasteiger partial charge is 0.378 e. The third kappa shape index (κ3) is 5.14. The van der Waals surface area contributed by atoms with E-state index in [0.29, 0.717) is 0 Å². The van der Waals surface area contributed by atoms with Gasteiger partial charge in [0, 0.05) is 31.3 Å². The van der Waals surface area contributed by atoms with Crippen molar-refractivity contribution in [2.24, 2.45) is 0 Å². The molecule has 0 bridgehead atoms. The van der Waals surface area contributed by atoms with Gasteiger partial charge in [0.2, 0.25) is 5.95 Å². The van der Waals surface area contributed by atoms with Crippen LogP contribution >= 0.6 is 0 Å². The lowest BCUT2D eigenvalue weighted by molar-refractivity contribution is 0.122. The van der Waals surface area contributed by atoms with E-state index in [1.165, 1.54) is 0 Å². The molecule has 2 aromatic rings. The highest BCUT2D eigenvalue weighted by molar-refractivity contribution is 5.64. The van der Waals surface area contributed by atoms with E-state index in [9.17, 15) is 0 Å². The second-order valence-corrected chi connectivity index (χ2v) is 6.49. The molecule has 1 saturated heterocycles. The van der Waals surface area contributed by atoms with Crippen molar-refractivity contribution < 1.29 is 4.74 Å². The number of benzene rings is 1. The number of rotatable bonds is 7. The van der Waals surface area contributed by atoms with Crippen LogP contribution in [0.1, 0.15) is 6.42 Å². The summed E-state index contributed by atoms with van der Waals surface area (Å²) in [7, 11) is 4.18. The molecule has 0 unspecified atom stereocenters. The first-order chi connectivity index (χ1) is 12.2. The predicted molar refractivity (Wildman–Crippen MR) is 102 cm³/mol. The highest BCUT2D eigenvalue weighted by Gasteiger charge is 2.16. The Balaban J connectivity index is 1.80. The molecule has 6 nitrogen and oxygen atoms in total. The van der Waals surface area contributed by atoms with Gasteiger partial charge in [-0.2, -0.15) is 4.98 Å². The van der Waals surface area contributed by atoms with Crippen molar-refractivity contribution in [3.8, 4) is 11.3 Å². The predicted octanol–water partition coefficient (Wildman–Crippen LogP) is 2.34. The first-order valence-corrected chi connectivity index (χ1v) is 8.88. The van der Waals surface area contributed by atoms with Gasteiger partial charge in [-0.1, -0.05) is 30.3 Å². The van der Waals surface area contributed by atoms with Crippen molar-refractivity contribution in [2.75, 3.05) is 63.7 Å². The van der Waals surface area contributed by atoms with Gasteiger partial charge in [0.1, 0.15) is 5.82 Å². The lowest BCUT2D eigenvalue weighted by Gasteiger charge is -2.27. The van der Waals surface area contributed by atoms with Crippen molar-refractivity contribution in [2.45, 2.75) is 6.42 Å². The van der Waals surface area contributed by atoms with Crippen LogP contribution in [0.5, 0.6) is 0 Å². The third-order valence-corrected chi connectivity index (χ3v) is 4.17. The smallest absolute Gasteiger partial charge is 0.228 e. The van der Waals surface area contributed by atoms with Crippen molar-refractivity contribution in [1.82, 2.24) is 14.9 Å². The van der Waals surface area contributed by atoms with E-state index in [0.717, 1.165) is 68.8 Å². The lowest BCUT2D eigenvalue weighted by Crippen LogP contribution is -2.37. The zero-order chi connectivity index (χ0) is 17.5. The molecule has 0 amide bonds. The topological polar surface area (TPSA) is 53.5 Å². The lowest BCUT2D eigenvalue weighted by atomic mass is 10.1. The summed E-state index contributed by atoms with van der Waals surface area (Å²) in [6, 6.07) is 12.3. The zero-order valence-electron chi connectivity index (χ0n) is 15.1. The number of morpholine rings is 1. The van der Waals surface area contributed by atoms with Crippen molar-refractivity contribution >= 4 is 11.8 Å². The van der Waals surface area contributed by atoms with Gasteiger partial charge < -0.3 is 19.9 Å². The van der Waals surface area contributed by atoms with Gasteiger partial charge >= 0.3 is 0 Å². The van der Waals surface area contributed by atoms with Gasteiger partial charge in [0.05, 0.1) is 18.9 Å². The summed E-state index contributed by atoms with van der Waals surface area (Å²) >= 11 is 0. The van der Waals surface area contributed by atoms with Gasteiger partial charge in [0.25, 0.3) is 0 Å². The van der Waals surface area contributed by atoms with Crippen molar-refractivity contribution in [3.05, 3.63) is 36.4 Å². The van der Waals surface area contributed by atoms with E-state index in [4.69, 9.17) is 14.7 Å². The summed E-state index contributed by atoms with van der Waals surface area (Å²) in [6.45, 7) is 5.07. The number of nitrogens with zero attached hydrogens (tertiary/aromatic N) is 4. The summed E-state index contributed by atoms with van der Waals surface area (Å²) in [5.41, 5.74) is 2.06. The van der Waals surface area contributed by atoms with E-state index >= 15 is 0 Å². The molecular formula is C19H27N5O. The summed E-state index contributed by atoms with van der Waals surface area (Å²) in [5, 5.41) is 3.45. The number of nitrogens with one attached hydrogen (secondary N) is 1. The molecule has 1 aliphatic heterocycles. The molecule has 134 valence electrons. The third-order valence-electron chi connectivity index (χ3n) is 4.17. The van der Waals surface area contributed by atoms with Crippen LogP contribution in [0.15, 0.2) is 36.4 Å². The Labute approximate surface area is 149 Å². The van der Waals surface area contributed by atoms with Crippen LogP contribution in [0.3, 0.4) is 0 Å². The molecule has 0 spiro atoms. The van der Waals surface area contributed by atoms with Crippen LogP contribution < -0.4 is 10.2 Å². The molecule has 6 heteroatoms. The van der Waals surface area contributed by atoms with Crippen LogP contribution in [0.25, 0.3) is 11.3 Å². The van der Waals surface area contributed by atoms with E-state index in [-0.39, 0.29) is 0 Å². The Morgan fingerprint density at radius 3 is 2.60 bits per heavy atom. The van der Waals surface area contributed by atoms with E-state index in [2.05, 4.69) is 41.3 Å². The van der Waals surface area contributed by atoms with Crippen LogP contribution in [-0.2, 0) is 4.74 Å². The number of hydrogen-bond acceptors (Lipinski definition) is 6. The first kappa shape index (κ1) is 17.6. The van der Waals surface area contributed by atoms with Gasteiger partial charge in [-0.3, -0.25) is 0 Å². The summed E-state index contributed by atoms with van der Waals surface area (Å²) in [5.74, 6) is 1.66. The van der Waals surface area contributed by atoms with Crippen LogP contribution in [0.2, 0.25) is 0 Å². The highest BCUT2D eigenvalue weighted by Crippen LogP contribution is 2.23. The minimum Gasteiger partial charge on any atom is -0.378 e. The Morgan fingerprint density at radius 1 is 1.12 bits per heavy atom. The average Bonchev–Trinajstić information content (AvgIpc) is 2.66. The molecule has 2 heterocycles. The highest BCUT2D eigenvalue weighted by atomic mass is 16.5. The molecule has 1 aromatic carbocycles. The summed E-state index contributed by atoms with van der Waals surface area (Å²) < 4.78 is 5.45. The Bertz CT molecular complexity index is 656. The molecule has 0 radical (unpaired) electrons. The maximum Gasteiger partial charge on any atom is 0.228 e. The SMILES string of the molecule is CN(C)CCCNc1cc(-c2ccccc2)nc(N2CCOCC2)n1. The van der Waals surface area contributed by atoms with Gasteiger partial charge in [-0.05, 0) is 27.1 Å². The van der Waals surface area contributed by atoms with Crippen LogP contribution in [-0.4, -0.2) is 68.4 Å². The molecular weight excluding hydrogens is 314 g/mol. The standard InChI is InChI=1S/C19H27N5O/c1-23(2)10-6-9-20-18-15-17(16-7-4-3-5-8-16)21-19(22-18)24-11-13-25-14-12-24/h3-5,7-8,15H,6,9-14H2,1-2H3,(H,20,21,22). The second-order valence-electron chi connectivity index (χ2n) is 6.49. The van der Waals surface area contributed by atoms with E-state index in [1.54, 1.807) is 0 Å². The van der Waals surface area contributed by atoms with Gasteiger partial charge in [-0.15, -0.1) is 0 Å². The number of anilines is 2. The Morgan fingerprint density at radius 2 is 1.88 bits per heavy atom. The Kier molecular flexibility index (Phi) is 6.19. The fourth-order valence-electron chi connectivity index (χ4n) is 2.80. The second kappa shape index (κ2) is 8.78. The zero-order valence-corrected chi connectivity index (χ0v) is 15.1. The summed E-state index contributed by atoms with van der Waals surface area (Å²) in [4.78, 5) is 13.9. The van der Waals surface area contributed by atoms with Gasteiger partial charge in [-0.25, -0.2) is 4.98 Å². The van der Waals surface area contributed by atoms with Crippen LogP contribution in [0, 0.1) is 0 Å². The average molecular weight is 341 g/mol. The molecule has 1 N–H and O–H groups in total. The van der Waals surface area contributed by atoms with Crippen LogP contribution in [0.4, 0.5) is 11.8 Å². The van der Waals surface area contributed by atoms with Gasteiger partial charge in [0.15, 0.2) is 0 Å². The Hall–Kier alpha value is -2.18. The molecule has 0 atom stereocenters. The maximum atomic E-state index is 5.45. The number of hydrogen-bond donors (Lipinski definition) is 1. The fourth-order valence-corrected chi connectivity index (χ4v) is 2.80. The van der Waals surface area contributed by atoms with E-state index in [1.807, 2.05) is 24.3 Å². The molecule has 1 fully saturated rings. The molecule has 0 aliphatic carbocycles. The molecule has 0 saturated carbocycles. The number of ether oxygens (including phenoxy) is 1. The minimum atomic E-state index is 0.727. The first-order valence-electron chi connectivity index (χ1n) is 8.88. The quantitative estimate of drug-likeness (QED) is 0.780. The monoisotopic (exact) mass is 341 g/mol. The molecule has 1 aromatic heterocycles. The fraction of sp³-hybridized carbons (Fsp3) is 0.474. The minimum absolute atomic E-state index is 0.727. The maximum absolute atomic E-state index is 5.45.